The molecule has 0 aliphatic carbocycles. The molecule has 0 aliphatic heterocycles. The van der Waals surface area contributed by atoms with E-state index >= 15 is 0 Å². The van der Waals surface area contributed by atoms with Crippen molar-refractivity contribution in [2.45, 2.75) is 13.3 Å². The Labute approximate surface area is 147 Å². The molecule has 25 heavy (non-hydrogen) atoms. The zero-order valence-corrected chi connectivity index (χ0v) is 14.2. The average molecular weight is 360 g/mol. The van der Waals surface area contributed by atoms with Gasteiger partial charge in [-0.25, -0.2) is 9.97 Å². The van der Waals surface area contributed by atoms with Crippen LogP contribution in [-0.4, -0.2) is 31.6 Å². The molecule has 0 aliphatic rings. The smallest absolute Gasteiger partial charge is 0.308 e. The van der Waals surface area contributed by atoms with Gasteiger partial charge in [0.2, 0.25) is 0 Å². The SMILES string of the molecule is CC(=O)Oc1cc(Cl)ccc1-c1ncnc2c1c(CC(=O)O)cn2C. The highest BCUT2D eigenvalue weighted by Gasteiger charge is 2.19. The molecule has 2 heterocycles. The number of benzene rings is 1. The first-order chi connectivity index (χ1) is 11.9. The van der Waals surface area contributed by atoms with Crippen LogP contribution in [-0.2, 0) is 23.1 Å². The van der Waals surface area contributed by atoms with Crippen molar-refractivity contribution in [3.05, 3.63) is 41.3 Å². The van der Waals surface area contributed by atoms with Gasteiger partial charge in [0.25, 0.3) is 0 Å². The lowest BCUT2D eigenvalue weighted by atomic mass is 10.0. The molecule has 2 aromatic heterocycles. The predicted octanol–water partition coefficient (Wildman–Crippen LogP) is 2.84. The molecule has 0 unspecified atom stereocenters. The van der Waals surface area contributed by atoms with Crippen molar-refractivity contribution in [3.63, 3.8) is 0 Å². The number of esters is 1. The van der Waals surface area contributed by atoms with E-state index in [2.05, 4.69) is 9.97 Å². The minimum absolute atomic E-state index is 0.172. The van der Waals surface area contributed by atoms with Crippen LogP contribution in [0, 0.1) is 0 Å². The van der Waals surface area contributed by atoms with Crippen LogP contribution in [0.25, 0.3) is 22.3 Å². The molecule has 0 spiro atoms. The van der Waals surface area contributed by atoms with E-state index < -0.39 is 11.9 Å². The zero-order chi connectivity index (χ0) is 18.1. The van der Waals surface area contributed by atoms with Gasteiger partial charge < -0.3 is 14.4 Å². The second kappa shape index (κ2) is 6.52. The van der Waals surface area contributed by atoms with Gasteiger partial charge in [0.15, 0.2) is 0 Å². The average Bonchev–Trinajstić information content (AvgIpc) is 2.83. The van der Waals surface area contributed by atoms with Crippen molar-refractivity contribution in [1.29, 1.82) is 0 Å². The standard InChI is InChI=1S/C17H14ClN3O4/c1-9(22)25-13-6-11(18)3-4-12(13)16-15-10(5-14(23)24)7-21(2)17(15)20-8-19-16/h3-4,6-8H,5H2,1-2H3,(H,23,24). The minimum atomic E-state index is -0.960. The molecule has 128 valence electrons. The van der Waals surface area contributed by atoms with E-state index in [0.29, 0.717) is 32.9 Å². The molecule has 0 saturated carbocycles. The Morgan fingerprint density at radius 3 is 2.76 bits per heavy atom. The number of aliphatic carboxylic acids is 1. The summed E-state index contributed by atoms with van der Waals surface area (Å²) in [5.74, 6) is -1.20. The Kier molecular flexibility index (Phi) is 4.41. The van der Waals surface area contributed by atoms with E-state index in [9.17, 15) is 14.7 Å². The Hall–Kier alpha value is -2.93. The summed E-state index contributed by atoms with van der Waals surface area (Å²) in [5, 5.41) is 10.2. The summed E-state index contributed by atoms with van der Waals surface area (Å²) in [7, 11) is 1.78. The fourth-order valence-corrected chi connectivity index (χ4v) is 2.89. The number of carbonyl (C=O) groups is 2. The van der Waals surface area contributed by atoms with Gasteiger partial charge >= 0.3 is 11.9 Å². The molecule has 0 saturated heterocycles. The number of aryl methyl sites for hydroxylation is 1. The largest absolute Gasteiger partial charge is 0.481 e. The number of nitrogens with zero attached hydrogens (tertiary/aromatic N) is 3. The maximum absolute atomic E-state index is 11.4. The van der Waals surface area contributed by atoms with E-state index in [1.54, 1.807) is 29.9 Å². The van der Waals surface area contributed by atoms with Crippen molar-refractivity contribution in [3.8, 4) is 17.0 Å². The molecule has 3 aromatic rings. The first kappa shape index (κ1) is 16.9. The third-order valence-electron chi connectivity index (χ3n) is 3.63. The molecular formula is C17H14ClN3O4. The summed E-state index contributed by atoms with van der Waals surface area (Å²) >= 11 is 6.00. The summed E-state index contributed by atoms with van der Waals surface area (Å²) in [4.78, 5) is 31.1. The highest BCUT2D eigenvalue weighted by Crippen LogP contribution is 2.36. The van der Waals surface area contributed by atoms with Gasteiger partial charge in [0, 0.05) is 42.2 Å². The van der Waals surface area contributed by atoms with E-state index in [0.717, 1.165) is 0 Å². The fourth-order valence-electron chi connectivity index (χ4n) is 2.73. The number of carboxylic acids is 1. The molecule has 3 rings (SSSR count). The van der Waals surface area contributed by atoms with Crippen molar-refractivity contribution >= 4 is 34.6 Å². The number of aromatic nitrogens is 3. The Morgan fingerprint density at radius 1 is 1.32 bits per heavy atom. The summed E-state index contributed by atoms with van der Waals surface area (Å²) in [6.07, 6.45) is 2.92. The molecular weight excluding hydrogens is 346 g/mol. The van der Waals surface area contributed by atoms with E-state index in [-0.39, 0.29) is 12.2 Å². The van der Waals surface area contributed by atoms with Crippen LogP contribution in [0.3, 0.4) is 0 Å². The minimum Gasteiger partial charge on any atom is -0.481 e. The van der Waals surface area contributed by atoms with Crippen molar-refractivity contribution in [2.24, 2.45) is 7.05 Å². The van der Waals surface area contributed by atoms with E-state index in [1.807, 2.05) is 0 Å². The fraction of sp³-hybridized carbons (Fsp3) is 0.176. The molecule has 0 radical (unpaired) electrons. The van der Waals surface area contributed by atoms with Crippen molar-refractivity contribution in [1.82, 2.24) is 14.5 Å². The van der Waals surface area contributed by atoms with Crippen LogP contribution < -0.4 is 4.74 Å². The topological polar surface area (TPSA) is 94.3 Å². The highest BCUT2D eigenvalue weighted by atomic mass is 35.5. The molecule has 1 N–H and O–H groups in total. The van der Waals surface area contributed by atoms with Gasteiger partial charge in [-0.05, 0) is 17.7 Å². The molecule has 0 atom stereocenters. The van der Waals surface area contributed by atoms with Gasteiger partial charge in [0.1, 0.15) is 17.7 Å². The third kappa shape index (κ3) is 3.32. The van der Waals surface area contributed by atoms with E-state index in [4.69, 9.17) is 16.3 Å². The van der Waals surface area contributed by atoms with E-state index in [1.165, 1.54) is 19.3 Å². The summed E-state index contributed by atoms with van der Waals surface area (Å²) in [5.41, 5.74) is 2.17. The van der Waals surface area contributed by atoms with Crippen molar-refractivity contribution in [2.75, 3.05) is 0 Å². The van der Waals surface area contributed by atoms with Gasteiger partial charge in [-0.15, -0.1) is 0 Å². The number of carboxylic acid groups (broad SMARTS) is 1. The number of hydrogen-bond acceptors (Lipinski definition) is 5. The Morgan fingerprint density at radius 2 is 2.08 bits per heavy atom. The lowest BCUT2D eigenvalue weighted by Crippen LogP contribution is -2.04. The van der Waals surface area contributed by atoms with Gasteiger partial charge in [-0.2, -0.15) is 0 Å². The third-order valence-corrected chi connectivity index (χ3v) is 3.86. The Balaban J connectivity index is 2.29. The number of ether oxygens (including phenoxy) is 1. The molecule has 8 heteroatoms. The van der Waals surface area contributed by atoms with Crippen LogP contribution in [0.4, 0.5) is 0 Å². The maximum Gasteiger partial charge on any atom is 0.308 e. The number of rotatable bonds is 4. The maximum atomic E-state index is 11.4. The zero-order valence-electron chi connectivity index (χ0n) is 13.5. The van der Waals surface area contributed by atoms with Crippen LogP contribution in [0.5, 0.6) is 5.75 Å². The molecule has 7 nitrogen and oxygen atoms in total. The van der Waals surface area contributed by atoms with Gasteiger partial charge in [-0.3, -0.25) is 9.59 Å². The molecule has 0 fully saturated rings. The summed E-state index contributed by atoms with van der Waals surface area (Å²) < 4.78 is 6.99. The highest BCUT2D eigenvalue weighted by molar-refractivity contribution is 6.30. The second-order valence-electron chi connectivity index (χ2n) is 5.49. The number of halogens is 1. The number of hydrogen-bond donors (Lipinski definition) is 1. The first-order valence-electron chi connectivity index (χ1n) is 7.36. The molecule has 0 amide bonds. The Bertz CT molecular complexity index is 997. The second-order valence-corrected chi connectivity index (χ2v) is 5.93. The first-order valence-corrected chi connectivity index (χ1v) is 7.73. The van der Waals surface area contributed by atoms with Crippen LogP contribution >= 0.6 is 11.6 Å². The number of carbonyl (C=O) groups excluding carboxylic acids is 1. The molecule has 0 bridgehead atoms. The van der Waals surface area contributed by atoms with Crippen LogP contribution in [0.1, 0.15) is 12.5 Å². The monoisotopic (exact) mass is 359 g/mol. The van der Waals surface area contributed by atoms with Crippen LogP contribution in [0.2, 0.25) is 5.02 Å². The summed E-state index contributed by atoms with van der Waals surface area (Å²) in [6.45, 7) is 1.29. The quantitative estimate of drug-likeness (QED) is 0.568. The molecule has 1 aromatic carbocycles. The normalized spacial score (nSPS) is 10.8. The predicted molar refractivity (Wildman–Crippen MR) is 91.6 cm³/mol. The summed E-state index contributed by atoms with van der Waals surface area (Å²) in [6, 6.07) is 4.85. The van der Waals surface area contributed by atoms with Crippen molar-refractivity contribution < 1.29 is 19.4 Å². The van der Waals surface area contributed by atoms with Gasteiger partial charge in [0.05, 0.1) is 12.1 Å². The lowest BCUT2D eigenvalue weighted by Gasteiger charge is -2.10. The van der Waals surface area contributed by atoms with Gasteiger partial charge in [-0.1, -0.05) is 11.6 Å². The number of fused-ring (bicyclic) bond motifs is 1. The lowest BCUT2D eigenvalue weighted by molar-refractivity contribution is -0.136. The van der Waals surface area contributed by atoms with Crippen LogP contribution in [0.15, 0.2) is 30.7 Å².